The summed E-state index contributed by atoms with van der Waals surface area (Å²) in [5, 5.41) is 0. The fraction of sp³-hybridized carbons (Fsp3) is 0.500. The zero-order chi connectivity index (χ0) is 11.0. The van der Waals surface area contributed by atoms with Crippen LogP contribution in [0.5, 0.6) is 0 Å². The fourth-order valence-corrected chi connectivity index (χ4v) is 3.03. The molecule has 2 nitrogen and oxygen atoms in total. The Labute approximate surface area is 96.3 Å². The SMILES string of the molecule is O=C(c1ccccc1)[C@H]1CC2CCN1CC2. The third-order valence-corrected chi connectivity index (χ3v) is 4.01. The molecular weight excluding hydrogens is 198 g/mol. The summed E-state index contributed by atoms with van der Waals surface area (Å²) in [6.45, 7) is 2.24. The van der Waals surface area contributed by atoms with Gasteiger partial charge in [0.2, 0.25) is 0 Å². The summed E-state index contributed by atoms with van der Waals surface area (Å²) in [5.41, 5.74) is 0.875. The van der Waals surface area contributed by atoms with Gasteiger partial charge in [0.15, 0.2) is 5.78 Å². The number of nitrogens with zero attached hydrogens (tertiary/aromatic N) is 1. The van der Waals surface area contributed by atoms with E-state index in [4.69, 9.17) is 0 Å². The van der Waals surface area contributed by atoms with E-state index in [1.807, 2.05) is 30.3 Å². The van der Waals surface area contributed by atoms with Gasteiger partial charge in [-0.25, -0.2) is 0 Å². The Morgan fingerprint density at radius 1 is 1.12 bits per heavy atom. The lowest BCUT2D eigenvalue weighted by molar-refractivity contribution is 0.0407. The van der Waals surface area contributed by atoms with Crippen molar-refractivity contribution >= 4 is 5.78 Å². The maximum Gasteiger partial charge on any atom is 0.179 e. The highest BCUT2D eigenvalue weighted by Crippen LogP contribution is 2.33. The maximum absolute atomic E-state index is 12.3. The van der Waals surface area contributed by atoms with Crippen LogP contribution in [0.2, 0.25) is 0 Å². The molecule has 0 spiro atoms. The summed E-state index contributed by atoms with van der Waals surface area (Å²) in [7, 11) is 0. The zero-order valence-electron chi connectivity index (χ0n) is 9.43. The van der Waals surface area contributed by atoms with Crippen LogP contribution in [0.3, 0.4) is 0 Å². The molecule has 3 heterocycles. The smallest absolute Gasteiger partial charge is 0.179 e. The van der Waals surface area contributed by atoms with Gasteiger partial charge in [-0.15, -0.1) is 0 Å². The van der Waals surface area contributed by atoms with Gasteiger partial charge >= 0.3 is 0 Å². The molecule has 0 N–H and O–H groups in total. The second kappa shape index (κ2) is 4.02. The summed E-state index contributed by atoms with van der Waals surface area (Å²) in [6, 6.07) is 9.89. The zero-order valence-corrected chi connectivity index (χ0v) is 9.43. The van der Waals surface area contributed by atoms with Crippen molar-refractivity contribution in [3.8, 4) is 0 Å². The molecule has 2 bridgehead atoms. The molecule has 1 aromatic carbocycles. The van der Waals surface area contributed by atoms with Crippen LogP contribution in [0.4, 0.5) is 0 Å². The number of ketones is 1. The molecule has 0 unspecified atom stereocenters. The van der Waals surface area contributed by atoms with Crippen LogP contribution in [0.1, 0.15) is 29.6 Å². The van der Waals surface area contributed by atoms with Crippen LogP contribution >= 0.6 is 0 Å². The third-order valence-electron chi connectivity index (χ3n) is 4.01. The first-order valence-electron chi connectivity index (χ1n) is 6.18. The van der Waals surface area contributed by atoms with Gasteiger partial charge in [-0.1, -0.05) is 30.3 Å². The van der Waals surface area contributed by atoms with Crippen molar-refractivity contribution in [2.45, 2.75) is 25.3 Å². The summed E-state index contributed by atoms with van der Waals surface area (Å²) >= 11 is 0. The molecule has 0 aliphatic carbocycles. The van der Waals surface area contributed by atoms with E-state index in [1.165, 1.54) is 12.8 Å². The Morgan fingerprint density at radius 2 is 1.81 bits per heavy atom. The minimum atomic E-state index is 0.162. The first-order chi connectivity index (χ1) is 7.84. The van der Waals surface area contributed by atoms with Crippen molar-refractivity contribution in [2.75, 3.05) is 13.1 Å². The van der Waals surface area contributed by atoms with Crippen molar-refractivity contribution < 1.29 is 4.79 Å². The standard InChI is InChI=1S/C14H17NO/c16-14(12-4-2-1-3-5-12)13-10-11-6-8-15(13)9-7-11/h1-5,11,13H,6-10H2/t13-/m1/s1. The molecule has 0 saturated carbocycles. The number of rotatable bonds is 2. The van der Waals surface area contributed by atoms with Crippen LogP contribution in [-0.4, -0.2) is 29.8 Å². The molecule has 2 heteroatoms. The van der Waals surface area contributed by atoms with Crippen LogP contribution < -0.4 is 0 Å². The number of Topliss-reactive ketones (excluding diaryl/α,β-unsaturated/α-hetero) is 1. The van der Waals surface area contributed by atoms with Crippen LogP contribution in [-0.2, 0) is 0 Å². The van der Waals surface area contributed by atoms with Crippen molar-refractivity contribution in [3.63, 3.8) is 0 Å². The number of hydrogen-bond acceptors (Lipinski definition) is 2. The van der Waals surface area contributed by atoms with Crippen molar-refractivity contribution in [1.82, 2.24) is 4.90 Å². The average molecular weight is 215 g/mol. The van der Waals surface area contributed by atoms with Crippen molar-refractivity contribution in [1.29, 1.82) is 0 Å². The fourth-order valence-electron chi connectivity index (χ4n) is 3.03. The first kappa shape index (κ1) is 10.0. The molecular formula is C14H17NO. The molecule has 3 saturated heterocycles. The van der Waals surface area contributed by atoms with Gasteiger partial charge < -0.3 is 0 Å². The number of carbonyl (C=O) groups is 1. The third kappa shape index (κ3) is 1.67. The molecule has 0 amide bonds. The summed E-state index contributed by atoms with van der Waals surface area (Å²) in [5.74, 6) is 1.12. The van der Waals surface area contributed by atoms with E-state index in [9.17, 15) is 4.79 Å². The Morgan fingerprint density at radius 3 is 2.38 bits per heavy atom. The van der Waals surface area contributed by atoms with E-state index in [0.29, 0.717) is 5.78 Å². The summed E-state index contributed by atoms with van der Waals surface area (Å²) in [4.78, 5) is 14.7. The largest absolute Gasteiger partial charge is 0.293 e. The maximum atomic E-state index is 12.3. The quantitative estimate of drug-likeness (QED) is 0.706. The Kier molecular flexibility index (Phi) is 2.52. The summed E-state index contributed by atoms with van der Waals surface area (Å²) < 4.78 is 0. The molecule has 3 aliphatic rings. The highest BCUT2D eigenvalue weighted by atomic mass is 16.1. The number of benzene rings is 1. The highest BCUT2D eigenvalue weighted by molar-refractivity contribution is 6.00. The second-order valence-electron chi connectivity index (χ2n) is 4.96. The molecule has 3 fully saturated rings. The normalized spacial score (nSPS) is 32.6. The molecule has 1 atom stereocenters. The second-order valence-corrected chi connectivity index (χ2v) is 4.96. The number of piperidine rings is 3. The van der Waals surface area contributed by atoms with Gasteiger partial charge in [-0.05, 0) is 38.3 Å². The molecule has 3 aliphatic heterocycles. The lowest BCUT2D eigenvalue weighted by Crippen LogP contribution is -2.52. The molecule has 16 heavy (non-hydrogen) atoms. The van der Waals surface area contributed by atoms with Gasteiger partial charge in [-0.2, -0.15) is 0 Å². The van der Waals surface area contributed by atoms with Gasteiger partial charge in [0.25, 0.3) is 0 Å². The number of carbonyl (C=O) groups excluding carboxylic acids is 1. The molecule has 1 aromatic rings. The lowest BCUT2D eigenvalue weighted by Gasteiger charge is -2.44. The molecule has 0 aromatic heterocycles. The van der Waals surface area contributed by atoms with Crippen LogP contribution in [0, 0.1) is 5.92 Å². The molecule has 84 valence electrons. The number of fused-ring (bicyclic) bond motifs is 3. The van der Waals surface area contributed by atoms with Gasteiger partial charge in [0.1, 0.15) is 0 Å². The molecule has 4 rings (SSSR count). The lowest BCUT2D eigenvalue weighted by atomic mass is 9.81. The highest BCUT2D eigenvalue weighted by Gasteiger charge is 2.37. The molecule has 0 radical (unpaired) electrons. The van der Waals surface area contributed by atoms with E-state index in [2.05, 4.69) is 4.90 Å². The van der Waals surface area contributed by atoms with Gasteiger partial charge in [-0.3, -0.25) is 9.69 Å². The topological polar surface area (TPSA) is 20.3 Å². The Bertz CT molecular complexity index is 379. The Balaban J connectivity index is 1.81. The predicted molar refractivity (Wildman–Crippen MR) is 63.5 cm³/mol. The number of hydrogen-bond donors (Lipinski definition) is 0. The van der Waals surface area contributed by atoms with Crippen molar-refractivity contribution in [3.05, 3.63) is 35.9 Å². The van der Waals surface area contributed by atoms with E-state index in [1.54, 1.807) is 0 Å². The van der Waals surface area contributed by atoms with Crippen molar-refractivity contribution in [2.24, 2.45) is 5.92 Å². The predicted octanol–water partition coefficient (Wildman–Crippen LogP) is 2.35. The summed E-state index contributed by atoms with van der Waals surface area (Å²) in [6.07, 6.45) is 3.66. The Hall–Kier alpha value is -1.15. The van der Waals surface area contributed by atoms with E-state index in [-0.39, 0.29) is 6.04 Å². The van der Waals surface area contributed by atoms with E-state index in [0.717, 1.165) is 31.0 Å². The van der Waals surface area contributed by atoms with Gasteiger partial charge in [0, 0.05) is 5.56 Å². The minimum Gasteiger partial charge on any atom is -0.293 e. The van der Waals surface area contributed by atoms with E-state index < -0.39 is 0 Å². The average Bonchev–Trinajstić information content (AvgIpc) is 2.40. The van der Waals surface area contributed by atoms with Crippen LogP contribution in [0.25, 0.3) is 0 Å². The first-order valence-corrected chi connectivity index (χ1v) is 6.18. The van der Waals surface area contributed by atoms with Gasteiger partial charge in [0.05, 0.1) is 6.04 Å². The minimum absolute atomic E-state index is 0.162. The van der Waals surface area contributed by atoms with Crippen LogP contribution in [0.15, 0.2) is 30.3 Å². The van der Waals surface area contributed by atoms with E-state index >= 15 is 0 Å². The monoisotopic (exact) mass is 215 g/mol.